The summed E-state index contributed by atoms with van der Waals surface area (Å²) in [6, 6.07) is 2.41. The molecule has 1 heterocycles. The maximum absolute atomic E-state index is 13.6. The van der Waals surface area contributed by atoms with Crippen LogP contribution in [0.15, 0.2) is 16.6 Å². The topological polar surface area (TPSA) is 15.3 Å². The number of nitrogens with one attached hydrogen (secondary N) is 1. The van der Waals surface area contributed by atoms with Gasteiger partial charge in [-0.15, -0.1) is 0 Å². The molecule has 1 aromatic rings. The van der Waals surface area contributed by atoms with Crippen LogP contribution in [-0.2, 0) is 0 Å². The van der Waals surface area contributed by atoms with Gasteiger partial charge in [0.25, 0.3) is 0 Å². The van der Waals surface area contributed by atoms with Gasteiger partial charge in [-0.05, 0) is 22.0 Å². The average molecular weight is 277 g/mol. The Labute approximate surface area is 95.4 Å². The highest BCUT2D eigenvalue weighted by Crippen LogP contribution is 2.26. The van der Waals surface area contributed by atoms with Gasteiger partial charge in [0.2, 0.25) is 0 Å². The van der Waals surface area contributed by atoms with Crippen LogP contribution < -0.4 is 10.2 Å². The van der Waals surface area contributed by atoms with E-state index >= 15 is 0 Å². The van der Waals surface area contributed by atoms with Crippen LogP contribution >= 0.6 is 15.9 Å². The van der Waals surface area contributed by atoms with Gasteiger partial charge in [-0.2, -0.15) is 0 Å². The third-order valence-electron chi connectivity index (χ3n) is 2.45. The van der Waals surface area contributed by atoms with E-state index < -0.39 is 5.82 Å². The zero-order valence-electron chi connectivity index (χ0n) is 8.06. The smallest absolute Gasteiger partial charge is 0.147 e. The Hall–Kier alpha value is -0.680. The second-order valence-electron chi connectivity index (χ2n) is 3.45. The third-order valence-corrected chi connectivity index (χ3v) is 3.06. The quantitative estimate of drug-likeness (QED) is 0.791. The highest BCUT2D eigenvalue weighted by atomic mass is 79.9. The van der Waals surface area contributed by atoms with Gasteiger partial charge in [-0.3, -0.25) is 0 Å². The van der Waals surface area contributed by atoms with Crippen LogP contribution in [0, 0.1) is 11.6 Å². The minimum absolute atomic E-state index is 0.166. The largest absolute Gasteiger partial charge is 0.367 e. The number of anilines is 1. The fraction of sp³-hybridized carbons (Fsp3) is 0.400. The van der Waals surface area contributed by atoms with Crippen LogP contribution in [0.3, 0.4) is 0 Å². The lowest BCUT2D eigenvalue weighted by atomic mass is 10.2. The van der Waals surface area contributed by atoms with E-state index in [0.29, 0.717) is 18.8 Å². The molecule has 1 fully saturated rings. The number of nitrogens with zero attached hydrogens (tertiary/aromatic N) is 1. The lowest BCUT2D eigenvalue weighted by Crippen LogP contribution is -2.43. The first-order valence-corrected chi connectivity index (χ1v) is 5.58. The summed E-state index contributed by atoms with van der Waals surface area (Å²) in [4.78, 5) is 1.85. The number of benzene rings is 1. The van der Waals surface area contributed by atoms with E-state index in [4.69, 9.17) is 0 Å². The van der Waals surface area contributed by atoms with E-state index in [9.17, 15) is 8.78 Å². The Morgan fingerprint density at radius 1 is 1.13 bits per heavy atom. The van der Waals surface area contributed by atoms with Gasteiger partial charge in [0.15, 0.2) is 0 Å². The van der Waals surface area contributed by atoms with Gasteiger partial charge in [-0.1, -0.05) is 0 Å². The fourth-order valence-corrected chi connectivity index (χ4v) is 1.98. The van der Waals surface area contributed by atoms with E-state index in [0.717, 1.165) is 13.1 Å². The van der Waals surface area contributed by atoms with Gasteiger partial charge in [0.05, 0.1) is 10.2 Å². The summed E-state index contributed by atoms with van der Waals surface area (Å²) in [7, 11) is 0. The summed E-state index contributed by atoms with van der Waals surface area (Å²) in [5.74, 6) is -0.810. The molecule has 1 saturated heterocycles. The van der Waals surface area contributed by atoms with Gasteiger partial charge in [0, 0.05) is 32.2 Å². The van der Waals surface area contributed by atoms with E-state index in [1.165, 1.54) is 12.1 Å². The second kappa shape index (κ2) is 4.45. The highest BCUT2D eigenvalue weighted by molar-refractivity contribution is 9.10. The summed E-state index contributed by atoms with van der Waals surface area (Å²) in [5.41, 5.74) is 0.345. The molecule has 0 saturated carbocycles. The van der Waals surface area contributed by atoms with Crippen LogP contribution in [0.25, 0.3) is 0 Å². The maximum Gasteiger partial charge on any atom is 0.147 e. The number of rotatable bonds is 1. The minimum Gasteiger partial charge on any atom is -0.367 e. The molecule has 0 spiro atoms. The van der Waals surface area contributed by atoms with Crippen LogP contribution in [-0.4, -0.2) is 26.2 Å². The average Bonchev–Trinajstić information content (AvgIpc) is 2.25. The summed E-state index contributed by atoms with van der Waals surface area (Å²) in [6.07, 6.45) is 0. The predicted molar refractivity (Wildman–Crippen MR) is 59.1 cm³/mol. The molecule has 1 aromatic carbocycles. The number of hydrogen-bond donors (Lipinski definition) is 1. The molecule has 0 unspecified atom stereocenters. The second-order valence-corrected chi connectivity index (χ2v) is 4.31. The van der Waals surface area contributed by atoms with Crippen molar-refractivity contribution in [2.45, 2.75) is 0 Å². The SMILES string of the molecule is Fc1cc(N2CCNCC2)c(F)cc1Br. The van der Waals surface area contributed by atoms with Crippen molar-refractivity contribution in [3.05, 3.63) is 28.2 Å². The zero-order valence-corrected chi connectivity index (χ0v) is 9.65. The summed E-state index contributed by atoms with van der Waals surface area (Å²) in [6.45, 7) is 3.02. The van der Waals surface area contributed by atoms with Crippen molar-refractivity contribution in [3.8, 4) is 0 Å². The first-order chi connectivity index (χ1) is 7.18. The van der Waals surface area contributed by atoms with E-state index in [1.807, 2.05) is 4.90 Å². The van der Waals surface area contributed by atoms with Gasteiger partial charge in [-0.25, -0.2) is 8.78 Å². The molecule has 0 atom stereocenters. The van der Waals surface area contributed by atoms with E-state index in [1.54, 1.807) is 0 Å². The predicted octanol–water partition coefficient (Wildman–Crippen LogP) is 2.14. The van der Waals surface area contributed by atoms with Crippen molar-refractivity contribution in [2.24, 2.45) is 0 Å². The van der Waals surface area contributed by atoms with Crippen molar-refractivity contribution >= 4 is 21.6 Å². The fourth-order valence-electron chi connectivity index (χ4n) is 1.66. The lowest BCUT2D eigenvalue weighted by Gasteiger charge is -2.29. The number of piperazine rings is 1. The summed E-state index contributed by atoms with van der Waals surface area (Å²) < 4.78 is 27.0. The molecule has 2 rings (SSSR count). The van der Waals surface area contributed by atoms with Crippen molar-refractivity contribution in [2.75, 3.05) is 31.1 Å². The molecule has 0 aromatic heterocycles. The number of halogens is 3. The molecule has 0 amide bonds. The van der Waals surface area contributed by atoms with E-state index in [2.05, 4.69) is 21.2 Å². The third kappa shape index (κ3) is 2.29. The summed E-state index contributed by atoms with van der Waals surface area (Å²) in [5, 5.41) is 3.16. The molecule has 0 bridgehead atoms. The minimum atomic E-state index is -0.426. The Morgan fingerprint density at radius 3 is 2.47 bits per heavy atom. The Bertz CT molecular complexity index is 365. The Morgan fingerprint density at radius 2 is 1.80 bits per heavy atom. The number of hydrogen-bond acceptors (Lipinski definition) is 2. The zero-order chi connectivity index (χ0) is 10.8. The molecule has 82 valence electrons. The highest BCUT2D eigenvalue weighted by Gasteiger charge is 2.16. The molecular formula is C10H11BrF2N2. The monoisotopic (exact) mass is 276 g/mol. The molecule has 5 heteroatoms. The molecule has 1 aliphatic heterocycles. The van der Waals surface area contributed by atoms with Gasteiger partial charge in [0.1, 0.15) is 11.6 Å². The normalized spacial score (nSPS) is 16.9. The van der Waals surface area contributed by atoms with E-state index in [-0.39, 0.29) is 10.3 Å². The van der Waals surface area contributed by atoms with Crippen molar-refractivity contribution < 1.29 is 8.78 Å². The Balaban J connectivity index is 2.30. The molecule has 0 aliphatic carbocycles. The van der Waals surface area contributed by atoms with Crippen molar-refractivity contribution in [3.63, 3.8) is 0 Å². The molecule has 15 heavy (non-hydrogen) atoms. The van der Waals surface area contributed by atoms with Crippen LogP contribution in [0.5, 0.6) is 0 Å². The first-order valence-electron chi connectivity index (χ1n) is 4.78. The molecule has 2 nitrogen and oxygen atoms in total. The van der Waals surface area contributed by atoms with Gasteiger partial charge < -0.3 is 10.2 Å². The molecule has 0 radical (unpaired) electrons. The molecular weight excluding hydrogens is 266 g/mol. The van der Waals surface area contributed by atoms with Crippen LogP contribution in [0.4, 0.5) is 14.5 Å². The molecule has 1 aliphatic rings. The standard InChI is InChI=1S/C10H11BrF2N2/c11-7-5-9(13)10(6-8(7)12)15-3-1-14-2-4-15/h5-6,14H,1-4H2. The van der Waals surface area contributed by atoms with Crippen molar-refractivity contribution in [1.82, 2.24) is 5.32 Å². The van der Waals surface area contributed by atoms with Crippen molar-refractivity contribution in [1.29, 1.82) is 0 Å². The lowest BCUT2D eigenvalue weighted by molar-refractivity contribution is 0.556. The molecule has 1 N–H and O–H groups in total. The van der Waals surface area contributed by atoms with Crippen LogP contribution in [0.1, 0.15) is 0 Å². The van der Waals surface area contributed by atoms with Gasteiger partial charge >= 0.3 is 0 Å². The van der Waals surface area contributed by atoms with Crippen LogP contribution in [0.2, 0.25) is 0 Å². The first kappa shape index (κ1) is 10.8. The summed E-state index contributed by atoms with van der Waals surface area (Å²) >= 11 is 2.96. The maximum atomic E-state index is 13.6. The Kier molecular flexibility index (Phi) is 3.21.